The fourth-order valence-electron chi connectivity index (χ4n) is 3.54. The van der Waals surface area contributed by atoms with Crippen molar-refractivity contribution in [2.24, 2.45) is 0 Å². The fraction of sp³-hybridized carbons (Fsp3) is 0.174. The van der Waals surface area contributed by atoms with Gasteiger partial charge in [0.25, 0.3) is 0 Å². The largest absolute Gasteiger partial charge is 0.494 e. The summed E-state index contributed by atoms with van der Waals surface area (Å²) in [6.45, 7) is 2.38. The fourth-order valence-corrected chi connectivity index (χ4v) is 5.30. The topological polar surface area (TPSA) is 133 Å². The number of thiophene rings is 1. The number of nitrogens with zero attached hydrogens (tertiary/aromatic N) is 4. The Labute approximate surface area is 198 Å². The van der Waals surface area contributed by atoms with Crippen LogP contribution in [0.5, 0.6) is 5.75 Å². The number of anilines is 2. The summed E-state index contributed by atoms with van der Waals surface area (Å²) in [7, 11) is 0. The van der Waals surface area contributed by atoms with E-state index >= 15 is 0 Å². The maximum atomic E-state index is 13.1. The van der Waals surface area contributed by atoms with Crippen molar-refractivity contribution in [3.05, 3.63) is 52.2 Å². The van der Waals surface area contributed by atoms with E-state index in [0.717, 1.165) is 16.7 Å². The Kier molecular flexibility index (Phi) is 6.31. The summed E-state index contributed by atoms with van der Waals surface area (Å²) in [5.41, 5.74) is 7.80. The lowest BCUT2D eigenvalue weighted by Gasteiger charge is -2.16. The Morgan fingerprint density at radius 2 is 1.94 bits per heavy atom. The first-order valence-corrected chi connectivity index (χ1v) is 11.7. The molecule has 1 aromatic carbocycles. The van der Waals surface area contributed by atoms with Gasteiger partial charge in [-0.1, -0.05) is 11.8 Å². The summed E-state index contributed by atoms with van der Waals surface area (Å²) in [6.07, 6.45) is -0.0447. The molecule has 0 saturated carbocycles. The van der Waals surface area contributed by atoms with Gasteiger partial charge in [0.15, 0.2) is 0 Å². The maximum absolute atomic E-state index is 13.1. The number of carbonyl (C=O) groups is 2. The van der Waals surface area contributed by atoms with E-state index in [-0.39, 0.29) is 34.3 Å². The molecule has 0 radical (unpaired) electrons. The number of rotatable bonds is 6. The van der Waals surface area contributed by atoms with Crippen molar-refractivity contribution in [3.8, 4) is 29.0 Å². The van der Waals surface area contributed by atoms with Crippen LogP contribution in [0.15, 0.2) is 46.1 Å². The highest BCUT2D eigenvalue weighted by Gasteiger charge is 2.41. The van der Waals surface area contributed by atoms with E-state index in [4.69, 9.17) is 10.5 Å². The van der Waals surface area contributed by atoms with E-state index in [1.807, 2.05) is 23.8 Å². The monoisotopic (exact) mass is 475 g/mol. The quantitative estimate of drug-likeness (QED) is 0.530. The number of nitrogen functional groups attached to an aromatic ring is 1. The number of carbonyl (C=O) groups excluding carboxylic acids is 2. The van der Waals surface area contributed by atoms with Crippen molar-refractivity contribution in [2.75, 3.05) is 17.2 Å². The third-order valence-electron chi connectivity index (χ3n) is 4.99. The Morgan fingerprint density at radius 3 is 2.55 bits per heavy atom. The van der Waals surface area contributed by atoms with Gasteiger partial charge in [-0.2, -0.15) is 21.9 Å². The van der Waals surface area contributed by atoms with Crippen LogP contribution in [0.3, 0.4) is 0 Å². The van der Waals surface area contributed by atoms with Crippen LogP contribution in [0.4, 0.5) is 11.5 Å². The molecule has 4 rings (SSSR count). The van der Waals surface area contributed by atoms with Crippen LogP contribution < -0.4 is 15.4 Å². The minimum Gasteiger partial charge on any atom is -0.494 e. The second-order valence-corrected chi connectivity index (χ2v) is 8.94. The Hall–Kier alpha value is -3.86. The molecule has 3 aromatic rings. The van der Waals surface area contributed by atoms with Gasteiger partial charge in [0.2, 0.25) is 11.8 Å². The van der Waals surface area contributed by atoms with Gasteiger partial charge in [0, 0.05) is 12.0 Å². The molecule has 164 valence electrons. The molecule has 0 bridgehead atoms. The Morgan fingerprint density at radius 1 is 1.21 bits per heavy atom. The van der Waals surface area contributed by atoms with Crippen molar-refractivity contribution in [2.45, 2.75) is 23.6 Å². The zero-order chi connectivity index (χ0) is 23.5. The number of amides is 2. The molecule has 2 aromatic heterocycles. The highest BCUT2D eigenvalue weighted by molar-refractivity contribution is 8.00. The number of thioether (sulfide) groups is 1. The molecule has 2 N–H and O–H groups in total. The number of hydrogen-bond donors (Lipinski definition) is 1. The summed E-state index contributed by atoms with van der Waals surface area (Å²) >= 11 is 2.43. The van der Waals surface area contributed by atoms with Crippen molar-refractivity contribution < 1.29 is 14.3 Å². The first-order valence-electron chi connectivity index (χ1n) is 9.91. The van der Waals surface area contributed by atoms with Gasteiger partial charge in [-0.3, -0.25) is 9.59 Å². The first kappa shape index (κ1) is 22.3. The van der Waals surface area contributed by atoms with Gasteiger partial charge >= 0.3 is 0 Å². The van der Waals surface area contributed by atoms with Gasteiger partial charge in [0.1, 0.15) is 34.3 Å². The second kappa shape index (κ2) is 9.33. The number of hydrogen-bond acceptors (Lipinski definition) is 9. The second-order valence-electron chi connectivity index (χ2n) is 6.97. The summed E-state index contributed by atoms with van der Waals surface area (Å²) in [5.74, 6) is -0.136. The lowest BCUT2D eigenvalue weighted by molar-refractivity contribution is -0.121. The molecule has 3 heterocycles. The van der Waals surface area contributed by atoms with Crippen LogP contribution in [0.1, 0.15) is 24.5 Å². The zero-order valence-electron chi connectivity index (χ0n) is 17.4. The van der Waals surface area contributed by atoms with Gasteiger partial charge in [0.05, 0.1) is 23.1 Å². The van der Waals surface area contributed by atoms with Crippen LogP contribution in [-0.2, 0) is 9.59 Å². The molecule has 2 amide bonds. The van der Waals surface area contributed by atoms with Gasteiger partial charge in [-0.25, -0.2) is 9.88 Å². The summed E-state index contributed by atoms with van der Waals surface area (Å²) < 4.78 is 5.41. The normalized spacial score (nSPS) is 15.4. The average molecular weight is 476 g/mol. The molecular formula is C23H17N5O3S2. The summed E-state index contributed by atoms with van der Waals surface area (Å²) in [6, 6.07) is 12.6. The molecule has 10 heteroatoms. The van der Waals surface area contributed by atoms with Crippen molar-refractivity contribution >= 4 is 46.4 Å². The van der Waals surface area contributed by atoms with Gasteiger partial charge < -0.3 is 10.5 Å². The number of nitrogens with two attached hydrogens (primary N) is 1. The highest BCUT2D eigenvalue weighted by Crippen LogP contribution is 2.40. The van der Waals surface area contributed by atoms with E-state index in [2.05, 4.69) is 11.1 Å². The first-order chi connectivity index (χ1) is 16.0. The van der Waals surface area contributed by atoms with Crippen LogP contribution >= 0.6 is 23.1 Å². The number of pyridine rings is 1. The number of benzene rings is 1. The Bertz CT molecular complexity index is 1310. The predicted octanol–water partition coefficient (Wildman–Crippen LogP) is 3.96. The third kappa shape index (κ3) is 4.14. The standard InChI is InChI=1S/C23H17N5O3S2/c1-2-31-15-5-3-14(4-6-15)28-19(29)9-18(23(28)30)33-22-17(11-25)20(13-7-8-32-12-13)16(10-24)21(26)27-22/h3-8,12,18H,2,9H2,1H3,(H2,26,27). The number of nitriles is 2. The minimum atomic E-state index is -0.772. The molecule has 8 nitrogen and oxygen atoms in total. The molecular weight excluding hydrogens is 458 g/mol. The molecule has 1 aliphatic rings. The van der Waals surface area contributed by atoms with Crippen LogP contribution in [0, 0.1) is 22.7 Å². The summed E-state index contributed by atoms with van der Waals surface area (Å²) in [4.78, 5) is 31.2. The van der Waals surface area contributed by atoms with Gasteiger partial charge in [-0.05, 0) is 53.6 Å². The molecule has 1 fully saturated rings. The van der Waals surface area contributed by atoms with Crippen LogP contribution in [-0.4, -0.2) is 28.7 Å². The zero-order valence-corrected chi connectivity index (χ0v) is 19.1. The molecule has 0 spiro atoms. The average Bonchev–Trinajstić information content (AvgIpc) is 3.43. The van der Waals surface area contributed by atoms with Crippen molar-refractivity contribution in [1.29, 1.82) is 10.5 Å². The Balaban J connectivity index is 1.67. The summed E-state index contributed by atoms with van der Waals surface area (Å²) in [5, 5.41) is 22.5. The number of ether oxygens (including phenoxy) is 1. The molecule has 1 aliphatic heterocycles. The SMILES string of the molecule is CCOc1ccc(N2C(=O)CC(Sc3nc(N)c(C#N)c(-c4ccsc4)c3C#N)C2=O)cc1. The molecule has 1 unspecified atom stereocenters. The van der Waals surface area contributed by atoms with Crippen LogP contribution in [0.2, 0.25) is 0 Å². The van der Waals surface area contributed by atoms with E-state index in [9.17, 15) is 20.1 Å². The van der Waals surface area contributed by atoms with Crippen molar-refractivity contribution in [3.63, 3.8) is 0 Å². The smallest absolute Gasteiger partial charge is 0.247 e. The van der Waals surface area contributed by atoms with Crippen molar-refractivity contribution in [1.82, 2.24) is 4.98 Å². The molecule has 0 aliphatic carbocycles. The lowest BCUT2D eigenvalue weighted by atomic mass is 9.99. The lowest BCUT2D eigenvalue weighted by Crippen LogP contribution is -2.31. The van der Waals surface area contributed by atoms with Gasteiger partial charge in [-0.15, -0.1) is 0 Å². The molecule has 33 heavy (non-hydrogen) atoms. The number of aromatic nitrogens is 1. The predicted molar refractivity (Wildman–Crippen MR) is 126 cm³/mol. The highest BCUT2D eigenvalue weighted by atomic mass is 32.2. The van der Waals surface area contributed by atoms with E-state index in [1.54, 1.807) is 30.3 Å². The van der Waals surface area contributed by atoms with Crippen LogP contribution in [0.25, 0.3) is 11.1 Å². The third-order valence-corrected chi connectivity index (χ3v) is 6.85. The molecule has 1 atom stereocenters. The molecule has 1 saturated heterocycles. The van der Waals surface area contributed by atoms with E-state index in [1.165, 1.54) is 11.3 Å². The van der Waals surface area contributed by atoms with E-state index < -0.39 is 11.2 Å². The maximum Gasteiger partial charge on any atom is 0.247 e. The minimum absolute atomic E-state index is 0.0275. The van der Waals surface area contributed by atoms with E-state index in [0.29, 0.717) is 29.2 Å². The number of imide groups is 1.